The maximum Gasteiger partial charge on any atom is 0.291 e. The van der Waals surface area contributed by atoms with Gasteiger partial charge in [0.2, 0.25) is 5.76 Å². The topological polar surface area (TPSA) is 59.8 Å². The molecular formula is C29H27NO4. The van der Waals surface area contributed by atoms with Crippen molar-refractivity contribution in [1.82, 2.24) is 4.90 Å². The van der Waals surface area contributed by atoms with Crippen LogP contribution in [0.3, 0.4) is 0 Å². The molecule has 34 heavy (non-hydrogen) atoms. The minimum Gasteiger partial charge on any atom is -0.494 e. The maximum atomic E-state index is 13.6. The van der Waals surface area contributed by atoms with Gasteiger partial charge in [0, 0.05) is 6.54 Å². The van der Waals surface area contributed by atoms with Gasteiger partial charge in [-0.2, -0.15) is 0 Å². The average molecular weight is 454 g/mol. The lowest BCUT2D eigenvalue weighted by atomic mass is 9.98. The van der Waals surface area contributed by atoms with E-state index >= 15 is 0 Å². The van der Waals surface area contributed by atoms with E-state index in [2.05, 4.69) is 6.92 Å². The van der Waals surface area contributed by atoms with Crippen LogP contribution in [0.25, 0.3) is 11.0 Å². The van der Waals surface area contributed by atoms with Crippen molar-refractivity contribution in [2.75, 3.05) is 6.61 Å². The van der Waals surface area contributed by atoms with Crippen molar-refractivity contribution < 1.29 is 13.9 Å². The van der Waals surface area contributed by atoms with Crippen LogP contribution in [0.2, 0.25) is 0 Å². The smallest absolute Gasteiger partial charge is 0.291 e. The molecule has 5 rings (SSSR count). The summed E-state index contributed by atoms with van der Waals surface area (Å²) in [5, 5.41) is 0.479. The van der Waals surface area contributed by atoms with E-state index in [1.165, 1.54) is 0 Å². The van der Waals surface area contributed by atoms with E-state index in [1.54, 1.807) is 23.1 Å². The highest BCUT2D eigenvalue weighted by Gasteiger charge is 2.42. The Morgan fingerprint density at radius 1 is 0.912 bits per heavy atom. The van der Waals surface area contributed by atoms with E-state index < -0.39 is 6.04 Å². The van der Waals surface area contributed by atoms with Gasteiger partial charge in [0.15, 0.2) is 5.43 Å². The summed E-state index contributed by atoms with van der Waals surface area (Å²) in [4.78, 5) is 28.9. The van der Waals surface area contributed by atoms with Gasteiger partial charge < -0.3 is 14.1 Å². The molecule has 0 radical (unpaired) electrons. The molecule has 172 valence electrons. The number of ether oxygens (including phenoxy) is 1. The predicted octanol–water partition coefficient (Wildman–Crippen LogP) is 6.11. The monoisotopic (exact) mass is 453 g/mol. The third-order valence-electron chi connectivity index (χ3n) is 6.26. The highest BCUT2D eigenvalue weighted by molar-refractivity contribution is 5.99. The Kier molecular flexibility index (Phi) is 6.17. The number of nitrogens with zero attached hydrogens (tertiary/aromatic N) is 1. The average Bonchev–Trinajstić information content (AvgIpc) is 3.14. The molecule has 0 fully saturated rings. The number of benzene rings is 3. The van der Waals surface area contributed by atoms with Crippen LogP contribution < -0.4 is 10.2 Å². The number of carbonyl (C=O) groups is 1. The first kappa shape index (κ1) is 22.0. The number of hydrogen-bond donors (Lipinski definition) is 0. The summed E-state index contributed by atoms with van der Waals surface area (Å²) >= 11 is 0. The summed E-state index contributed by atoms with van der Waals surface area (Å²) in [5.41, 5.74) is 2.46. The lowest BCUT2D eigenvalue weighted by Crippen LogP contribution is -2.29. The molecule has 2 heterocycles. The largest absolute Gasteiger partial charge is 0.494 e. The molecule has 1 aliphatic rings. The molecule has 5 nitrogen and oxygen atoms in total. The van der Waals surface area contributed by atoms with Crippen LogP contribution >= 0.6 is 0 Å². The molecule has 0 saturated carbocycles. The zero-order chi connectivity index (χ0) is 23.5. The maximum absolute atomic E-state index is 13.6. The lowest BCUT2D eigenvalue weighted by Gasteiger charge is -2.25. The Morgan fingerprint density at radius 2 is 1.71 bits per heavy atom. The van der Waals surface area contributed by atoms with Crippen LogP contribution in [0.4, 0.5) is 0 Å². The highest BCUT2D eigenvalue weighted by atomic mass is 16.5. The summed E-state index contributed by atoms with van der Waals surface area (Å²) in [6, 6.07) is 24.0. The summed E-state index contributed by atoms with van der Waals surface area (Å²) in [6.45, 7) is 3.16. The normalized spacial score (nSPS) is 15.0. The van der Waals surface area contributed by atoms with Crippen molar-refractivity contribution in [3.8, 4) is 5.75 Å². The molecule has 0 bridgehead atoms. The van der Waals surface area contributed by atoms with Crippen LogP contribution in [0.5, 0.6) is 5.75 Å². The van der Waals surface area contributed by atoms with E-state index in [-0.39, 0.29) is 17.1 Å². The van der Waals surface area contributed by atoms with Crippen molar-refractivity contribution in [3.63, 3.8) is 0 Å². The van der Waals surface area contributed by atoms with Crippen molar-refractivity contribution in [2.24, 2.45) is 0 Å². The van der Waals surface area contributed by atoms with Gasteiger partial charge in [-0.1, -0.05) is 74.4 Å². The highest BCUT2D eigenvalue weighted by Crippen LogP contribution is 2.40. The third-order valence-corrected chi connectivity index (χ3v) is 6.26. The van der Waals surface area contributed by atoms with Crippen molar-refractivity contribution in [3.05, 3.63) is 112 Å². The first-order chi connectivity index (χ1) is 16.7. The van der Waals surface area contributed by atoms with Crippen LogP contribution in [-0.4, -0.2) is 17.4 Å². The Hall–Kier alpha value is -3.86. The van der Waals surface area contributed by atoms with Gasteiger partial charge in [-0.05, 0) is 41.8 Å². The van der Waals surface area contributed by atoms with Crippen LogP contribution in [-0.2, 0) is 6.54 Å². The van der Waals surface area contributed by atoms with E-state index in [4.69, 9.17) is 9.15 Å². The number of amides is 1. The van der Waals surface area contributed by atoms with Gasteiger partial charge in [0.1, 0.15) is 11.3 Å². The van der Waals surface area contributed by atoms with Gasteiger partial charge >= 0.3 is 0 Å². The Morgan fingerprint density at radius 3 is 2.53 bits per heavy atom. The molecular weight excluding hydrogens is 426 g/mol. The third kappa shape index (κ3) is 4.10. The van der Waals surface area contributed by atoms with E-state index in [9.17, 15) is 9.59 Å². The molecule has 1 atom stereocenters. The predicted molar refractivity (Wildman–Crippen MR) is 132 cm³/mol. The van der Waals surface area contributed by atoms with Crippen molar-refractivity contribution >= 4 is 16.9 Å². The standard InChI is InChI=1S/C29H27NO4/c1-2-3-9-17-33-22-14-10-13-21(18-22)26-25-27(31)23-15-7-8-16-24(23)34-28(25)29(32)30(26)19-20-11-5-4-6-12-20/h4-8,10-16,18,26H,2-3,9,17,19H2,1H3. The molecule has 1 unspecified atom stereocenters. The van der Waals surface area contributed by atoms with Gasteiger partial charge in [0.05, 0.1) is 23.6 Å². The molecule has 0 spiro atoms. The van der Waals surface area contributed by atoms with Gasteiger partial charge in [-0.3, -0.25) is 9.59 Å². The summed E-state index contributed by atoms with van der Waals surface area (Å²) in [5.74, 6) is 0.583. The zero-order valence-corrected chi connectivity index (χ0v) is 19.2. The second-order valence-electron chi connectivity index (χ2n) is 8.62. The van der Waals surface area contributed by atoms with Crippen LogP contribution in [0.1, 0.15) is 59.5 Å². The first-order valence-corrected chi connectivity index (χ1v) is 11.8. The molecule has 5 heteroatoms. The number of carbonyl (C=O) groups excluding carboxylic acids is 1. The minimum absolute atomic E-state index is 0.124. The fraction of sp³-hybridized carbons (Fsp3) is 0.241. The Bertz CT molecular complexity index is 1380. The van der Waals surface area contributed by atoms with Crippen LogP contribution in [0.15, 0.2) is 88.1 Å². The Labute approximate surface area is 198 Å². The van der Waals surface area contributed by atoms with Crippen molar-refractivity contribution in [1.29, 1.82) is 0 Å². The molecule has 4 aromatic rings. The first-order valence-electron chi connectivity index (χ1n) is 11.8. The fourth-order valence-electron chi connectivity index (χ4n) is 4.57. The number of unbranched alkanes of at least 4 members (excludes halogenated alkanes) is 2. The van der Waals surface area contributed by atoms with Crippen molar-refractivity contribution in [2.45, 2.75) is 38.8 Å². The van der Waals surface area contributed by atoms with E-state index in [0.29, 0.717) is 29.7 Å². The second-order valence-corrected chi connectivity index (χ2v) is 8.62. The van der Waals surface area contributed by atoms with Gasteiger partial charge in [-0.25, -0.2) is 0 Å². The SMILES string of the molecule is CCCCCOc1cccc(C2c3c(oc4ccccc4c3=O)C(=O)N2Cc2ccccc2)c1. The number of rotatable bonds is 8. The zero-order valence-electron chi connectivity index (χ0n) is 19.2. The quantitative estimate of drug-likeness (QED) is 0.302. The molecule has 0 N–H and O–H groups in total. The molecule has 1 amide bonds. The molecule has 1 aromatic heterocycles. The summed E-state index contributed by atoms with van der Waals surface area (Å²) in [7, 11) is 0. The summed E-state index contributed by atoms with van der Waals surface area (Å²) < 4.78 is 12.0. The molecule has 1 aliphatic heterocycles. The molecule has 0 aliphatic carbocycles. The lowest BCUT2D eigenvalue weighted by molar-refractivity contribution is 0.0714. The minimum atomic E-state index is -0.553. The summed E-state index contributed by atoms with van der Waals surface area (Å²) in [6.07, 6.45) is 3.23. The number of fused-ring (bicyclic) bond motifs is 2. The van der Waals surface area contributed by atoms with Gasteiger partial charge in [0.25, 0.3) is 5.91 Å². The van der Waals surface area contributed by atoms with E-state index in [1.807, 2.05) is 60.7 Å². The Balaban J connectivity index is 1.60. The van der Waals surface area contributed by atoms with Crippen LogP contribution in [0, 0.1) is 0 Å². The fourth-order valence-corrected chi connectivity index (χ4v) is 4.57. The number of para-hydroxylation sites is 1. The number of hydrogen-bond acceptors (Lipinski definition) is 4. The van der Waals surface area contributed by atoms with Gasteiger partial charge in [-0.15, -0.1) is 0 Å². The second kappa shape index (κ2) is 9.56. The van der Waals surface area contributed by atoms with E-state index in [0.717, 1.165) is 36.1 Å². The molecule has 3 aromatic carbocycles. The molecule has 0 saturated heterocycles.